The predicted molar refractivity (Wildman–Crippen MR) is 56.3 cm³/mol. The number of hydrogen-bond acceptors (Lipinski definition) is 2. The van der Waals surface area contributed by atoms with E-state index in [4.69, 9.17) is 5.11 Å². The highest BCUT2D eigenvalue weighted by atomic mass is 16.4. The lowest BCUT2D eigenvalue weighted by Gasteiger charge is -2.23. The first kappa shape index (κ1) is 11.5. The standard InChI is InChI=1S/C11H21NO2/c1-3-4-7-12(10-5-6-10)8-9(2)11(13)14/h9-10H,3-8H2,1-2H3,(H,13,14). The number of carboxylic acids is 1. The van der Waals surface area contributed by atoms with Gasteiger partial charge in [0.2, 0.25) is 0 Å². The number of carbonyl (C=O) groups is 1. The first-order valence-corrected chi connectivity index (χ1v) is 5.62. The third-order valence-electron chi connectivity index (χ3n) is 2.79. The second-order valence-corrected chi connectivity index (χ2v) is 4.32. The highest BCUT2D eigenvalue weighted by molar-refractivity contribution is 5.69. The number of hydrogen-bond donors (Lipinski definition) is 1. The third-order valence-corrected chi connectivity index (χ3v) is 2.79. The van der Waals surface area contributed by atoms with E-state index < -0.39 is 5.97 Å². The van der Waals surface area contributed by atoms with Gasteiger partial charge in [0.1, 0.15) is 0 Å². The van der Waals surface area contributed by atoms with E-state index >= 15 is 0 Å². The van der Waals surface area contributed by atoms with Gasteiger partial charge in [-0.3, -0.25) is 9.69 Å². The molecule has 0 amide bonds. The fraction of sp³-hybridized carbons (Fsp3) is 0.909. The number of rotatable bonds is 7. The molecule has 1 aliphatic carbocycles. The highest BCUT2D eigenvalue weighted by Gasteiger charge is 2.30. The van der Waals surface area contributed by atoms with Gasteiger partial charge in [-0.1, -0.05) is 20.3 Å². The first-order chi connectivity index (χ1) is 6.65. The maximum Gasteiger partial charge on any atom is 0.307 e. The lowest BCUT2D eigenvalue weighted by molar-refractivity contribution is -0.141. The van der Waals surface area contributed by atoms with Crippen LogP contribution in [0.3, 0.4) is 0 Å². The number of nitrogens with zero attached hydrogens (tertiary/aromatic N) is 1. The maximum absolute atomic E-state index is 10.7. The Kier molecular flexibility index (Phi) is 4.39. The Bertz CT molecular complexity index is 190. The smallest absolute Gasteiger partial charge is 0.307 e. The Morgan fingerprint density at radius 2 is 2.21 bits per heavy atom. The molecular weight excluding hydrogens is 178 g/mol. The fourth-order valence-electron chi connectivity index (χ4n) is 1.65. The molecule has 3 heteroatoms. The van der Waals surface area contributed by atoms with Crippen LogP contribution in [0.4, 0.5) is 0 Å². The van der Waals surface area contributed by atoms with Crippen LogP contribution in [-0.4, -0.2) is 35.1 Å². The summed E-state index contributed by atoms with van der Waals surface area (Å²) in [5.41, 5.74) is 0. The molecule has 1 N–H and O–H groups in total. The molecule has 1 saturated carbocycles. The van der Waals surface area contributed by atoms with Crippen LogP contribution in [0.1, 0.15) is 39.5 Å². The zero-order valence-electron chi connectivity index (χ0n) is 9.20. The van der Waals surface area contributed by atoms with Gasteiger partial charge in [-0.25, -0.2) is 0 Å². The minimum absolute atomic E-state index is 0.229. The summed E-state index contributed by atoms with van der Waals surface area (Å²) >= 11 is 0. The molecule has 1 fully saturated rings. The van der Waals surface area contributed by atoms with Gasteiger partial charge < -0.3 is 5.11 Å². The van der Waals surface area contributed by atoms with Crippen molar-refractivity contribution in [3.8, 4) is 0 Å². The van der Waals surface area contributed by atoms with Crippen LogP contribution in [-0.2, 0) is 4.79 Å². The van der Waals surface area contributed by atoms with Gasteiger partial charge in [0.15, 0.2) is 0 Å². The van der Waals surface area contributed by atoms with E-state index in [1.54, 1.807) is 6.92 Å². The van der Waals surface area contributed by atoms with Crippen LogP contribution in [0.15, 0.2) is 0 Å². The van der Waals surface area contributed by atoms with E-state index in [2.05, 4.69) is 11.8 Å². The van der Waals surface area contributed by atoms with Crippen LogP contribution in [0.5, 0.6) is 0 Å². The molecule has 0 aromatic heterocycles. The zero-order chi connectivity index (χ0) is 10.6. The van der Waals surface area contributed by atoms with Crippen molar-refractivity contribution in [3.05, 3.63) is 0 Å². The molecule has 0 heterocycles. The van der Waals surface area contributed by atoms with Crippen molar-refractivity contribution in [1.82, 2.24) is 4.90 Å². The average molecular weight is 199 g/mol. The highest BCUT2D eigenvalue weighted by Crippen LogP contribution is 2.27. The van der Waals surface area contributed by atoms with Crippen LogP contribution in [0.2, 0.25) is 0 Å². The Labute approximate surface area is 86.1 Å². The Morgan fingerprint density at radius 3 is 2.64 bits per heavy atom. The van der Waals surface area contributed by atoms with Gasteiger partial charge in [0.25, 0.3) is 0 Å². The molecule has 0 aromatic rings. The largest absolute Gasteiger partial charge is 0.481 e. The number of unbranched alkanes of at least 4 members (excludes halogenated alkanes) is 1. The van der Waals surface area contributed by atoms with Gasteiger partial charge in [-0.05, 0) is 25.8 Å². The van der Waals surface area contributed by atoms with Gasteiger partial charge >= 0.3 is 5.97 Å². The predicted octanol–water partition coefficient (Wildman–Crippen LogP) is 1.97. The molecule has 0 aromatic carbocycles. The van der Waals surface area contributed by atoms with E-state index in [1.807, 2.05) is 0 Å². The molecule has 1 atom stereocenters. The van der Waals surface area contributed by atoms with Crippen molar-refractivity contribution < 1.29 is 9.90 Å². The van der Waals surface area contributed by atoms with Crippen molar-refractivity contribution in [2.45, 2.75) is 45.6 Å². The Morgan fingerprint density at radius 1 is 1.57 bits per heavy atom. The first-order valence-electron chi connectivity index (χ1n) is 5.62. The molecule has 0 aliphatic heterocycles. The van der Waals surface area contributed by atoms with Crippen LogP contribution >= 0.6 is 0 Å². The van der Waals surface area contributed by atoms with Gasteiger partial charge in [0, 0.05) is 12.6 Å². The lowest BCUT2D eigenvalue weighted by atomic mass is 10.1. The summed E-state index contributed by atoms with van der Waals surface area (Å²) in [6.07, 6.45) is 4.89. The van der Waals surface area contributed by atoms with Gasteiger partial charge in [0.05, 0.1) is 5.92 Å². The lowest BCUT2D eigenvalue weighted by Crippen LogP contribution is -2.34. The minimum Gasteiger partial charge on any atom is -0.481 e. The number of carboxylic acid groups (broad SMARTS) is 1. The van der Waals surface area contributed by atoms with Crippen molar-refractivity contribution in [3.63, 3.8) is 0 Å². The van der Waals surface area contributed by atoms with Gasteiger partial charge in [-0.15, -0.1) is 0 Å². The van der Waals surface area contributed by atoms with Crippen LogP contribution in [0, 0.1) is 5.92 Å². The fourth-order valence-corrected chi connectivity index (χ4v) is 1.65. The summed E-state index contributed by atoms with van der Waals surface area (Å²) in [4.78, 5) is 13.1. The molecule has 1 rings (SSSR count). The van der Waals surface area contributed by atoms with E-state index in [0.29, 0.717) is 6.04 Å². The Hall–Kier alpha value is -0.570. The van der Waals surface area contributed by atoms with E-state index in [0.717, 1.165) is 13.1 Å². The minimum atomic E-state index is -0.674. The van der Waals surface area contributed by atoms with E-state index in [-0.39, 0.29) is 5.92 Å². The molecule has 1 aliphatic rings. The molecule has 14 heavy (non-hydrogen) atoms. The summed E-state index contributed by atoms with van der Waals surface area (Å²) < 4.78 is 0. The van der Waals surface area contributed by atoms with Crippen molar-refractivity contribution in [2.75, 3.05) is 13.1 Å². The second kappa shape index (κ2) is 5.35. The molecule has 0 saturated heterocycles. The molecule has 82 valence electrons. The second-order valence-electron chi connectivity index (χ2n) is 4.32. The molecule has 0 spiro atoms. The van der Waals surface area contributed by atoms with Crippen LogP contribution in [0.25, 0.3) is 0 Å². The third kappa shape index (κ3) is 3.66. The SMILES string of the molecule is CCCCN(CC(C)C(=O)O)C1CC1. The van der Waals surface area contributed by atoms with Crippen molar-refractivity contribution in [1.29, 1.82) is 0 Å². The Balaban J connectivity index is 2.30. The molecule has 1 unspecified atom stereocenters. The summed E-state index contributed by atoms with van der Waals surface area (Å²) in [6.45, 7) is 5.76. The van der Waals surface area contributed by atoms with Gasteiger partial charge in [-0.2, -0.15) is 0 Å². The molecule has 3 nitrogen and oxygen atoms in total. The zero-order valence-corrected chi connectivity index (χ0v) is 9.20. The normalized spacial score (nSPS) is 18.5. The summed E-state index contributed by atoms with van der Waals surface area (Å²) in [5, 5.41) is 8.83. The van der Waals surface area contributed by atoms with Crippen molar-refractivity contribution in [2.24, 2.45) is 5.92 Å². The maximum atomic E-state index is 10.7. The quantitative estimate of drug-likeness (QED) is 0.681. The number of aliphatic carboxylic acids is 1. The molecule has 0 radical (unpaired) electrons. The molecule has 0 bridgehead atoms. The topological polar surface area (TPSA) is 40.5 Å². The van der Waals surface area contributed by atoms with Crippen LogP contribution < -0.4 is 0 Å². The summed E-state index contributed by atoms with van der Waals surface area (Å²) in [5.74, 6) is -0.903. The van der Waals surface area contributed by atoms with E-state index in [1.165, 1.54) is 25.7 Å². The summed E-state index contributed by atoms with van der Waals surface area (Å²) in [7, 11) is 0. The monoisotopic (exact) mass is 199 g/mol. The molecular formula is C11H21NO2. The van der Waals surface area contributed by atoms with Crippen molar-refractivity contribution >= 4 is 5.97 Å². The van der Waals surface area contributed by atoms with E-state index in [9.17, 15) is 4.79 Å². The summed E-state index contributed by atoms with van der Waals surface area (Å²) in [6, 6.07) is 0.684. The average Bonchev–Trinajstić information content (AvgIpc) is 2.94.